The summed E-state index contributed by atoms with van der Waals surface area (Å²) in [6.07, 6.45) is 1.05. The summed E-state index contributed by atoms with van der Waals surface area (Å²) in [6, 6.07) is 11.3. The van der Waals surface area contributed by atoms with Crippen LogP contribution in [0.15, 0.2) is 30.3 Å². The molecule has 1 saturated heterocycles. The van der Waals surface area contributed by atoms with E-state index in [1.165, 1.54) is 5.56 Å². The third kappa shape index (κ3) is 2.93. The lowest BCUT2D eigenvalue weighted by Gasteiger charge is -2.30. The first-order valence-electron chi connectivity index (χ1n) is 6.81. The maximum atomic E-state index is 6.12. The van der Waals surface area contributed by atoms with E-state index in [9.17, 15) is 0 Å². The molecular formula is C16H25NO. The van der Waals surface area contributed by atoms with Crippen molar-refractivity contribution in [1.29, 1.82) is 0 Å². The first kappa shape index (κ1) is 13.6. The molecule has 1 aliphatic rings. The van der Waals surface area contributed by atoms with Crippen molar-refractivity contribution in [3.8, 4) is 0 Å². The Kier molecular flexibility index (Phi) is 3.52. The highest BCUT2D eigenvalue weighted by Gasteiger charge is 2.46. The van der Waals surface area contributed by atoms with E-state index in [0.717, 1.165) is 6.42 Å². The molecule has 1 aromatic carbocycles. The molecule has 0 aliphatic carbocycles. The Hall–Kier alpha value is -0.860. The molecule has 0 amide bonds. The molecule has 0 aromatic heterocycles. The van der Waals surface area contributed by atoms with Gasteiger partial charge in [0.2, 0.25) is 0 Å². The Bertz CT molecular complexity index is 397. The number of nitrogens with one attached hydrogen (secondary N) is 1. The minimum atomic E-state index is -0.105. The van der Waals surface area contributed by atoms with Crippen molar-refractivity contribution in [2.75, 3.05) is 0 Å². The molecule has 0 spiro atoms. The molecule has 2 atom stereocenters. The lowest BCUT2D eigenvalue weighted by Crippen LogP contribution is -2.44. The minimum Gasteiger partial charge on any atom is -0.368 e. The van der Waals surface area contributed by atoms with Gasteiger partial charge in [-0.15, -0.1) is 0 Å². The van der Waals surface area contributed by atoms with Gasteiger partial charge in [-0.3, -0.25) is 0 Å². The molecule has 1 fully saturated rings. The van der Waals surface area contributed by atoms with Crippen LogP contribution >= 0.6 is 0 Å². The topological polar surface area (TPSA) is 21.3 Å². The number of hydrogen-bond acceptors (Lipinski definition) is 2. The van der Waals surface area contributed by atoms with Crippen molar-refractivity contribution < 1.29 is 4.74 Å². The van der Waals surface area contributed by atoms with Crippen LogP contribution < -0.4 is 5.32 Å². The summed E-state index contributed by atoms with van der Waals surface area (Å²) in [5, 5.41) is 3.72. The highest BCUT2D eigenvalue weighted by Crippen LogP contribution is 2.38. The fourth-order valence-electron chi connectivity index (χ4n) is 2.96. The molecule has 1 unspecified atom stereocenters. The lowest BCUT2D eigenvalue weighted by atomic mass is 9.93. The van der Waals surface area contributed by atoms with Gasteiger partial charge < -0.3 is 10.1 Å². The molecule has 18 heavy (non-hydrogen) atoms. The van der Waals surface area contributed by atoms with E-state index < -0.39 is 0 Å². The van der Waals surface area contributed by atoms with Crippen LogP contribution in [0.4, 0.5) is 0 Å². The number of benzene rings is 1. The summed E-state index contributed by atoms with van der Waals surface area (Å²) in [6.45, 7) is 10.9. The summed E-state index contributed by atoms with van der Waals surface area (Å²) in [5.74, 6) is 0. The van der Waals surface area contributed by atoms with Gasteiger partial charge in [0, 0.05) is 12.1 Å². The predicted octanol–water partition coefficient (Wildman–Crippen LogP) is 3.68. The zero-order chi connectivity index (χ0) is 13.4. The van der Waals surface area contributed by atoms with Crippen LogP contribution in [0, 0.1) is 0 Å². The Morgan fingerprint density at radius 2 is 1.78 bits per heavy atom. The van der Waals surface area contributed by atoms with E-state index in [1.807, 2.05) is 0 Å². The monoisotopic (exact) mass is 247 g/mol. The third-order valence-corrected chi connectivity index (χ3v) is 3.82. The summed E-state index contributed by atoms with van der Waals surface area (Å²) in [4.78, 5) is 0. The first-order chi connectivity index (χ1) is 8.30. The standard InChI is InChI=1S/C16H25NO/c1-12(13-9-7-6-8-10-13)17-14-11-15(2,3)18-16(14,4)5/h6-10,12,14,17H,11H2,1-5H3/t12-,14?/m0/s1. The zero-order valence-electron chi connectivity index (χ0n) is 12.2. The first-order valence-corrected chi connectivity index (χ1v) is 6.81. The Labute approximate surface area is 111 Å². The van der Waals surface area contributed by atoms with Crippen molar-refractivity contribution in [2.45, 2.75) is 64.3 Å². The maximum Gasteiger partial charge on any atom is 0.0787 e. The Balaban J connectivity index is 2.06. The molecule has 2 rings (SSSR count). The molecule has 1 aromatic rings. The molecule has 0 radical (unpaired) electrons. The normalized spacial score (nSPS) is 27.1. The van der Waals surface area contributed by atoms with Gasteiger partial charge in [0.25, 0.3) is 0 Å². The van der Waals surface area contributed by atoms with Gasteiger partial charge in [-0.05, 0) is 46.6 Å². The fraction of sp³-hybridized carbons (Fsp3) is 0.625. The average Bonchev–Trinajstić information content (AvgIpc) is 2.48. The largest absolute Gasteiger partial charge is 0.368 e. The van der Waals surface area contributed by atoms with Crippen LogP contribution in [0.25, 0.3) is 0 Å². The molecule has 1 aliphatic heterocycles. The van der Waals surface area contributed by atoms with Crippen molar-refractivity contribution in [3.63, 3.8) is 0 Å². The molecule has 100 valence electrons. The van der Waals surface area contributed by atoms with E-state index in [1.54, 1.807) is 0 Å². The van der Waals surface area contributed by atoms with Crippen LogP contribution in [-0.2, 0) is 4.74 Å². The van der Waals surface area contributed by atoms with Crippen LogP contribution in [0.1, 0.15) is 52.6 Å². The lowest BCUT2D eigenvalue weighted by molar-refractivity contribution is -0.0703. The SMILES string of the molecule is C[C@H](NC1CC(C)(C)OC1(C)C)c1ccccc1. The second-order valence-electron chi connectivity index (χ2n) is 6.52. The molecule has 1 N–H and O–H groups in total. The van der Waals surface area contributed by atoms with Crippen LogP contribution in [0.2, 0.25) is 0 Å². The van der Waals surface area contributed by atoms with Gasteiger partial charge in [-0.1, -0.05) is 30.3 Å². The number of rotatable bonds is 3. The van der Waals surface area contributed by atoms with E-state index >= 15 is 0 Å². The highest BCUT2D eigenvalue weighted by atomic mass is 16.5. The average molecular weight is 247 g/mol. The van der Waals surface area contributed by atoms with E-state index in [0.29, 0.717) is 12.1 Å². The Morgan fingerprint density at radius 3 is 2.28 bits per heavy atom. The molecule has 0 bridgehead atoms. The minimum absolute atomic E-state index is 0.0302. The highest BCUT2D eigenvalue weighted by molar-refractivity contribution is 5.18. The Morgan fingerprint density at radius 1 is 1.17 bits per heavy atom. The third-order valence-electron chi connectivity index (χ3n) is 3.82. The van der Waals surface area contributed by atoms with Crippen molar-refractivity contribution in [3.05, 3.63) is 35.9 Å². The predicted molar refractivity (Wildman–Crippen MR) is 75.6 cm³/mol. The van der Waals surface area contributed by atoms with Crippen molar-refractivity contribution in [2.24, 2.45) is 0 Å². The van der Waals surface area contributed by atoms with Gasteiger partial charge in [-0.2, -0.15) is 0 Å². The molecule has 2 heteroatoms. The second kappa shape index (κ2) is 4.67. The maximum absolute atomic E-state index is 6.12. The molecule has 0 saturated carbocycles. The van der Waals surface area contributed by atoms with E-state index in [2.05, 4.69) is 70.3 Å². The summed E-state index contributed by atoms with van der Waals surface area (Å²) < 4.78 is 6.12. The van der Waals surface area contributed by atoms with Gasteiger partial charge in [0.15, 0.2) is 0 Å². The van der Waals surface area contributed by atoms with Crippen LogP contribution in [0.5, 0.6) is 0 Å². The summed E-state index contributed by atoms with van der Waals surface area (Å²) >= 11 is 0. The van der Waals surface area contributed by atoms with Gasteiger partial charge in [0.05, 0.1) is 11.2 Å². The van der Waals surface area contributed by atoms with Crippen molar-refractivity contribution in [1.82, 2.24) is 5.32 Å². The van der Waals surface area contributed by atoms with Gasteiger partial charge in [-0.25, -0.2) is 0 Å². The van der Waals surface area contributed by atoms with E-state index in [4.69, 9.17) is 4.74 Å². The van der Waals surface area contributed by atoms with Gasteiger partial charge >= 0.3 is 0 Å². The van der Waals surface area contributed by atoms with Crippen molar-refractivity contribution >= 4 is 0 Å². The fourth-order valence-corrected chi connectivity index (χ4v) is 2.96. The smallest absolute Gasteiger partial charge is 0.0787 e. The summed E-state index contributed by atoms with van der Waals surface area (Å²) in [7, 11) is 0. The summed E-state index contributed by atoms with van der Waals surface area (Å²) in [5.41, 5.74) is 1.20. The second-order valence-corrected chi connectivity index (χ2v) is 6.52. The number of ether oxygens (including phenoxy) is 1. The van der Waals surface area contributed by atoms with Crippen LogP contribution in [0.3, 0.4) is 0 Å². The quantitative estimate of drug-likeness (QED) is 0.879. The number of hydrogen-bond donors (Lipinski definition) is 1. The molecular weight excluding hydrogens is 222 g/mol. The molecule has 1 heterocycles. The van der Waals surface area contributed by atoms with Crippen LogP contribution in [-0.4, -0.2) is 17.2 Å². The molecule has 2 nitrogen and oxygen atoms in total. The van der Waals surface area contributed by atoms with Gasteiger partial charge in [0.1, 0.15) is 0 Å². The van der Waals surface area contributed by atoms with E-state index in [-0.39, 0.29) is 11.2 Å². The zero-order valence-corrected chi connectivity index (χ0v) is 12.2.